The topological polar surface area (TPSA) is 86.8 Å². The van der Waals surface area contributed by atoms with Crippen molar-refractivity contribution in [2.24, 2.45) is 0 Å². The maximum absolute atomic E-state index is 14.2. The molecule has 7 nitrogen and oxygen atoms in total. The zero-order valence-corrected chi connectivity index (χ0v) is 25.2. The van der Waals surface area contributed by atoms with Crippen molar-refractivity contribution in [1.29, 1.82) is 0 Å². The van der Waals surface area contributed by atoms with E-state index in [4.69, 9.17) is 0 Å². The predicted molar refractivity (Wildman–Crippen MR) is 161 cm³/mol. The van der Waals surface area contributed by atoms with Crippen molar-refractivity contribution in [2.45, 2.75) is 77.9 Å². The molecule has 0 aliphatic heterocycles. The molecule has 0 aromatic heterocycles. The number of nitrogens with one attached hydrogen (secondary N) is 1. The molecule has 0 unspecified atom stereocenters. The van der Waals surface area contributed by atoms with Crippen molar-refractivity contribution >= 4 is 27.5 Å². The van der Waals surface area contributed by atoms with E-state index in [1.54, 1.807) is 24.3 Å². The quantitative estimate of drug-likeness (QED) is 0.314. The highest BCUT2D eigenvalue weighted by Crippen LogP contribution is 2.28. The number of sulfonamides is 1. The average Bonchev–Trinajstić information content (AvgIpc) is 2.92. The Bertz CT molecular complexity index is 1420. The summed E-state index contributed by atoms with van der Waals surface area (Å²) >= 11 is 0. The lowest BCUT2D eigenvalue weighted by atomic mass is 10.1. The third-order valence-electron chi connectivity index (χ3n) is 7.05. The van der Waals surface area contributed by atoms with Gasteiger partial charge in [0.15, 0.2) is 0 Å². The van der Waals surface area contributed by atoms with Crippen LogP contribution in [0.5, 0.6) is 0 Å². The maximum atomic E-state index is 14.2. The van der Waals surface area contributed by atoms with Gasteiger partial charge in [-0.1, -0.05) is 79.6 Å². The van der Waals surface area contributed by atoms with Crippen LogP contribution in [0.1, 0.15) is 55.9 Å². The van der Waals surface area contributed by atoms with Gasteiger partial charge in [-0.15, -0.1) is 0 Å². The molecule has 0 radical (unpaired) electrons. The molecular formula is C32H41N3O4S. The summed E-state index contributed by atoms with van der Waals surface area (Å²) < 4.78 is 29.1. The van der Waals surface area contributed by atoms with Crippen LogP contribution in [0, 0.1) is 20.8 Å². The number of hydrogen-bond acceptors (Lipinski definition) is 4. The molecular weight excluding hydrogens is 522 g/mol. The summed E-state index contributed by atoms with van der Waals surface area (Å²) in [4.78, 5) is 29.2. The summed E-state index contributed by atoms with van der Waals surface area (Å²) in [5, 5.41) is 3.00. The number of aryl methyl sites for hydroxylation is 3. The second-order valence-corrected chi connectivity index (χ2v) is 12.2. The number of benzene rings is 3. The summed E-state index contributed by atoms with van der Waals surface area (Å²) in [6.07, 6.45) is 1.14. The minimum Gasteiger partial charge on any atom is -0.352 e. The van der Waals surface area contributed by atoms with E-state index in [1.807, 2.05) is 77.9 Å². The molecule has 3 aromatic carbocycles. The molecule has 2 amide bonds. The van der Waals surface area contributed by atoms with Gasteiger partial charge in [-0.3, -0.25) is 13.9 Å². The fraction of sp³-hybridized carbons (Fsp3) is 0.375. The highest BCUT2D eigenvalue weighted by molar-refractivity contribution is 7.92. The van der Waals surface area contributed by atoms with Gasteiger partial charge in [-0.25, -0.2) is 8.42 Å². The van der Waals surface area contributed by atoms with Gasteiger partial charge in [0.2, 0.25) is 11.8 Å². The van der Waals surface area contributed by atoms with Crippen LogP contribution in [0.3, 0.4) is 0 Å². The van der Waals surface area contributed by atoms with Gasteiger partial charge in [0.05, 0.1) is 10.6 Å². The lowest BCUT2D eigenvalue weighted by Crippen LogP contribution is -2.53. The number of carbonyl (C=O) groups excluding carboxylic acids is 2. The SMILES string of the molecule is CC[C@H](C(=O)N[C@@H](C)CC)N(Cc1cccc(C)c1)C(=O)CN(c1ccc(C)cc1C)S(=O)(=O)c1ccccc1. The van der Waals surface area contributed by atoms with Crippen LogP contribution in [-0.4, -0.2) is 43.8 Å². The lowest BCUT2D eigenvalue weighted by Gasteiger charge is -2.34. The largest absolute Gasteiger partial charge is 0.352 e. The van der Waals surface area contributed by atoms with E-state index in [9.17, 15) is 18.0 Å². The number of nitrogens with zero attached hydrogens (tertiary/aromatic N) is 2. The van der Waals surface area contributed by atoms with Gasteiger partial charge in [0.25, 0.3) is 10.0 Å². The second kappa shape index (κ2) is 13.6. The molecule has 0 fully saturated rings. The summed E-state index contributed by atoms with van der Waals surface area (Å²) in [5.74, 6) is -0.700. The van der Waals surface area contributed by atoms with E-state index in [0.717, 1.165) is 28.7 Å². The Hall–Kier alpha value is -3.65. The Morgan fingerprint density at radius 2 is 1.52 bits per heavy atom. The molecule has 1 N–H and O–H groups in total. The van der Waals surface area contributed by atoms with E-state index in [-0.39, 0.29) is 23.4 Å². The molecule has 3 aromatic rings. The van der Waals surface area contributed by atoms with Gasteiger partial charge >= 0.3 is 0 Å². The minimum atomic E-state index is -4.09. The molecule has 8 heteroatoms. The van der Waals surface area contributed by atoms with Crippen molar-refractivity contribution in [3.05, 3.63) is 95.1 Å². The number of amides is 2. The first-order valence-electron chi connectivity index (χ1n) is 13.8. The smallest absolute Gasteiger partial charge is 0.264 e. The van der Waals surface area contributed by atoms with E-state index >= 15 is 0 Å². The van der Waals surface area contributed by atoms with Gasteiger partial charge in [-0.2, -0.15) is 0 Å². The molecule has 2 atom stereocenters. The van der Waals surface area contributed by atoms with E-state index in [1.165, 1.54) is 21.3 Å². The first-order valence-corrected chi connectivity index (χ1v) is 15.2. The fourth-order valence-corrected chi connectivity index (χ4v) is 6.19. The van der Waals surface area contributed by atoms with Crippen LogP contribution in [0.4, 0.5) is 5.69 Å². The average molecular weight is 564 g/mol. The Morgan fingerprint density at radius 3 is 2.12 bits per heavy atom. The standard InChI is InChI=1S/C32H41N3O4S/c1-7-26(6)33-32(37)29(8-2)34(21-27-14-12-13-23(3)20-27)31(36)22-35(30-18-17-24(4)19-25(30)5)40(38,39)28-15-10-9-11-16-28/h9-20,26,29H,7-8,21-22H2,1-6H3,(H,33,37)/t26-,29+/m0/s1. The first kappa shape index (κ1) is 30.9. The minimum absolute atomic E-state index is 0.0531. The summed E-state index contributed by atoms with van der Waals surface area (Å²) in [6, 6.07) is 20.5. The molecule has 0 aliphatic carbocycles. The zero-order chi connectivity index (χ0) is 29.4. The van der Waals surface area contributed by atoms with E-state index in [2.05, 4.69) is 5.32 Å². The lowest BCUT2D eigenvalue weighted by molar-refractivity contribution is -0.140. The predicted octanol–water partition coefficient (Wildman–Crippen LogP) is 5.53. The highest BCUT2D eigenvalue weighted by Gasteiger charge is 2.34. The van der Waals surface area contributed by atoms with Gasteiger partial charge in [0.1, 0.15) is 12.6 Å². The van der Waals surface area contributed by atoms with E-state index in [0.29, 0.717) is 12.1 Å². The molecule has 0 bridgehead atoms. The van der Waals surface area contributed by atoms with Crippen molar-refractivity contribution in [2.75, 3.05) is 10.8 Å². The number of hydrogen-bond donors (Lipinski definition) is 1. The Kier molecular flexibility index (Phi) is 10.5. The number of anilines is 1. The molecule has 0 aliphatic rings. The van der Waals surface area contributed by atoms with Crippen molar-refractivity contribution in [1.82, 2.24) is 10.2 Å². The van der Waals surface area contributed by atoms with Crippen LogP contribution in [0.2, 0.25) is 0 Å². The molecule has 40 heavy (non-hydrogen) atoms. The third kappa shape index (κ3) is 7.50. The first-order chi connectivity index (χ1) is 19.0. The van der Waals surface area contributed by atoms with Crippen LogP contribution in [-0.2, 0) is 26.2 Å². The summed E-state index contributed by atoms with van der Waals surface area (Å²) in [5.41, 5.74) is 4.05. The zero-order valence-electron chi connectivity index (χ0n) is 24.3. The van der Waals surface area contributed by atoms with Gasteiger partial charge < -0.3 is 10.2 Å². The summed E-state index contributed by atoms with van der Waals surface area (Å²) in [6.45, 7) is 11.2. The molecule has 214 valence electrons. The van der Waals surface area contributed by atoms with E-state index < -0.39 is 28.5 Å². The molecule has 0 spiro atoms. The Morgan fingerprint density at radius 1 is 0.850 bits per heavy atom. The number of rotatable bonds is 12. The molecule has 0 saturated heterocycles. The highest BCUT2D eigenvalue weighted by atomic mass is 32.2. The van der Waals surface area contributed by atoms with Crippen molar-refractivity contribution < 1.29 is 18.0 Å². The van der Waals surface area contributed by atoms with Crippen LogP contribution >= 0.6 is 0 Å². The molecule has 0 heterocycles. The fourth-order valence-electron chi connectivity index (χ4n) is 4.69. The second-order valence-electron chi connectivity index (χ2n) is 10.4. The number of carbonyl (C=O) groups is 2. The van der Waals surface area contributed by atoms with Crippen LogP contribution < -0.4 is 9.62 Å². The van der Waals surface area contributed by atoms with Gasteiger partial charge in [0, 0.05) is 12.6 Å². The Balaban J connectivity index is 2.08. The molecule has 3 rings (SSSR count). The normalized spacial score (nSPS) is 12.8. The van der Waals surface area contributed by atoms with Crippen molar-refractivity contribution in [3.8, 4) is 0 Å². The maximum Gasteiger partial charge on any atom is 0.264 e. The van der Waals surface area contributed by atoms with Gasteiger partial charge in [-0.05, 0) is 69.9 Å². The van der Waals surface area contributed by atoms with Crippen LogP contribution in [0.15, 0.2) is 77.7 Å². The Labute approximate surface area is 239 Å². The summed E-state index contributed by atoms with van der Waals surface area (Å²) in [7, 11) is -4.09. The molecule has 0 saturated carbocycles. The third-order valence-corrected chi connectivity index (χ3v) is 8.83. The van der Waals surface area contributed by atoms with Crippen LogP contribution in [0.25, 0.3) is 0 Å². The van der Waals surface area contributed by atoms with Crippen molar-refractivity contribution in [3.63, 3.8) is 0 Å². The monoisotopic (exact) mass is 563 g/mol.